The average Bonchev–Trinajstić information content (AvgIpc) is 3.22. The van der Waals surface area contributed by atoms with Crippen LogP contribution in [0.4, 0.5) is 0 Å². The van der Waals surface area contributed by atoms with E-state index in [9.17, 15) is 0 Å². The van der Waals surface area contributed by atoms with Crippen LogP contribution in [0.25, 0.3) is 27.1 Å². The van der Waals surface area contributed by atoms with E-state index < -0.39 is 0 Å². The molecule has 0 aliphatic carbocycles. The van der Waals surface area contributed by atoms with Crippen molar-refractivity contribution >= 4 is 27.9 Å². The molecule has 1 N–H and O–H groups in total. The van der Waals surface area contributed by atoms with Crippen LogP contribution < -0.4 is 0 Å². The van der Waals surface area contributed by atoms with Gasteiger partial charge in [0, 0.05) is 11.3 Å². The molecule has 0 amide bonds. The van der Waals surface area contributed by atoms with E-state index in [1.807, 2.05) is 30.3 Å². The minimum Gasteiger partial charge on any atom is -0.282 e. The normalized spacial score (nSPS) is 11.7. The van der Waals surface area contributed by atoms with E-state index in [4.69, 9.17) is 11.6 Å². The molecule has 0 aliphatic rings. The van der Waals surface area contributed by atoms with Crippen LogP contribution in [0.1, 0.15) is 19.5 Å². The Hall–Kier alpha value is -2.25. The van der Waals surface area contributed by atoms with Gasteiger partial charge in [-0.15, -0.1) is 10.2 Å². The number of rotatable bonds is 4. The summed E-state index contributed by atoms with van der Waals surface area (Å²) in [5, 5.41) is 21.9. The smallest absolute Gasteiger partial charge is 0.235 e. The highest BCUT2D eigenvalue weighted by molar-refractivity contribution is 7.19. The summed E-state index contributed by atoms with van der Waals surface area (Å²) >= 11 is 7.72. The van der Waals surface area contributed by atoms with E-state index in [0.717, 1.165) is 28.4 Å². The van der Waals surface area contributed by atoms with Gasteiger partial charge in [-0.25, -0.2) is 0 Å². The molecule has 3 heterocycles. The number of hydrogen-bond acceptors (Lipinski definition) is 5. The summed E-state index contributed by atoms with van der Waals surface area (Å²) in [6, 6.07) is 9.65. The van der Waals surface area contributed by atoms with Gasteiger partial charge < -0.3 is 0 Å². The lowest BCUT2D eigenvalue weighted by Crippen LogP contribution is -1.93. The first-order valence-corrected chi connectivity index (χ1v) is 8.83. The molecule has 0 aliphatic heterocycles. The molecular weight excluding hydrogens is 344 g/mol. The van der Waals surface area contributed by atoms with Crippen molar-refractivity contribution in [2.75, 3.05) is 0 Å². The van der Waals surface area contributed by atoms with Gasteiger partial charge in [0.05, 0.1) is 5.02 Å². The van der Waals surface area contributed by atoms with E-state index in [1.54, 1.807) is 4.52 Å². The number of aromatic nitrogens is 6. The van der Waals surface area contributed by atoms with Crippen LogP contribution in [-0.2, 0) is 6.42 Å². The standard InChI is InChI=1S/C16H15ClN6S/c1-9(2)7-10-8-13(19-18-10)14-20-21-16-23(14)22-15(24-16)11-5-3-4-6-12(11)17/h3-6,8-9H,7H2,1-2H3,(H,18,19). The predicted molar refractivity (Wildman–Crippen MR) is 95.2 cm³/mol. The molecule has 0 atom stereocenters. The lowest BCUT2D eigenvalue weighted by Gasteiger charge is -1.98. The topological polar surface area (TPSA) is 71.8 Å². The van der Waals surface area contributed by atoms with Gasteiger partial charge in [0.2, 0.25) is 10.8 Å². The van der Waals surface area contributed by atoms with Crippen molar-refractivity contribution in [2.24, 2.45) is 5.92 Å². The number of H-pyrrole nitrogens is 1. The predicted octanol–water partition coefficient (Wildman–Crippen LogP) is 4.09. The molecule has 0 fully saturated rings. The van der Waals surface area contributed by atoms with Gasteiger partial charge in [0.25, 0.3) is 0 Å². The first-order chi connectivity index (χ1) is 11.6. The molecule has 0 saturated carbocycles. The van der Waals surface area contributed by atoms with Gasteiger partial charge in [-0.1, -0.05) is 55.0 Å². The number of halogens is 1. The number of fused-ring (bicyclic) bond motifs is 1. The molecule has 1 aromatic carbocycles. The molecule has 0 radical (unpaired) electrons. The molecule has 0 saturated heterocycles. The summed E-state index contributed by atoms with van der Waals surface area (Å²) in [5.74, 6) is 1.19. The first-order valence-electron chi connectivity index (χ1n) is 7.63. The zero-order valence-electron chi connectivity index (χ0n) is 13.2. The maximum atomic E-state index is 6.27. The Labute approximate surface area is 147 Å². The van der Waals surface area contributed by atoms with Crippen LogP contribution in [0, 0.1) is 5.92 Å². The Kier molecular flexibility index (Phi) is 3.82. The van der Waals surface area contributed by atoms with Crippen molar-refractivity contribution in [3.05, 3.63) is 41.0 Å². The van der Waals surface area contributed by atoms with Gasteiger partial charge in [0.15, 0.2) is 0 Å². The maximum absolute atomic E-state index is 6.27. The monoisotopic (exact) mass is 358 g/mol. The van der Waals surface area contributed by atoms with Crippen LogP contribution in [0.3, 0.4) is 0 Å². The Morgan fingerprint density at radius 1 is 1.25 bits per heavy atom. The zero-order chi connectivity index (χ0) is 16.7. The molecule has 0 spiro atoms. The van der Waals surface area contributed by atoms with Crippen molar-refractivity contribution in [2.45, 2.75) is 20.3 Å². The van der Waals surface area contributed by atoms with Crippen molar-refractivity contribution < 1.29 is 0 Å². The summed E-state index contributed by atoms with van der Waals surface area (Å²) in [6.07, 6.45) is 0.941. The molecule has 0 unspecified atom stereocenters. The Balaban J connectivity index is 1.75. The molecule has 122 valence electrons. The highest BCUT2D eigenvalue weighted by Gasteiger charge is 2.17. The molecule has 4 aromatic rings. The fourth-order valence-electron chi connectivity index (χ4n) is 2.54. The van der Waals surface area contributed by atoms with Crippen molar-refractivity contribution in [1.82, 2.24) is 30.0 Å². The summed E-state index contributed by atoms with van der Waals surface area (Å²) in [6.45, 7) is 4.35. The second-order valence-corrected chi connectivity index (χ2v) is 7.34. The molecular formula is C16H15ClN6S. The third-order valence-corrected chi connectivity index (χ3v) is 4.84. The van der Waals surface area contributed by atoms with E-state index in [2.05, 4.69) is 39.3 Å². The number of benzene rings is 1. The molecule has 24 heavy (non-hydrogen) atoms. The Morgan fingerprint density at radius 3 is 2.88 bits per heavy atom. The van der Waals surface area contributed by atoms with E-state index in [1.165, 1.54) is 11.3 Å². The maximum Gasteiger partial charge on any atom is 0.235 e. The SMILES string of the molecule is CC(C)Cc1cc(-c2nnc3sc(-c4ccccc4Cl)nn23)n[nH]1. The van der Waals surface area contributed by atoms with Gasteiger partial charge in [-0.3, -0.25) is 5.10 Å². The average molecular weight is 359 g/mol. The molecule has 8 heteroatoms. The van der Waals surface area contributed by atoms with Gasteiger partial charge in [0.1, 0.15) is 10.7 Å². The van der Waals surface area contributed by atoms with Crippen molar-refractivity contribution in [1.29, 1.82) is 0 Å². The van der Waals surface area contributed by atoms with Gasteiger partial charge in [-0.05, 0) is 24.5 Å². The van der Waals surface area contributed by atoms with Crippen LogP contribution in [-0.4, -0.2) is 30.0 Å². The number of aromatic amines is 1. The fraction of sp³-hybridized carbons (Fsp3) is 0.250. The molecule has 6 nitrogen and oxygen atoms in total. The molecule has 0 bridgehead atoms. The highest BCUT2D eigenvalue weighted by atomic mass is 35.5. The molecule has 4 rings (SSSR count). The first kappa shape index (κ1) is 15.3. The van der Waals surface area contributed by atoms with Crippen LogP contribution in [0.5, 0.6) is 0 Å². The summed E-state index contributed by atoms with van der Waals surface area (Å²) in [5.41, 5.74) is 2.72. The van der Waals surface area contributed by atoms with Crippen molar-refractivity contribution in [3.8, 4) is 22.1 Å². The van der Waals surface area contributed by atoms with Gasteiger partial charge >= 0.3 is 0 Å². The number of hydrogen-bond donors (Lipinski definition) is 1. The quantitative estimate of drug-likeness (QED) is 0.596. The summed E-state index contributed by atoms with van der Waals surface area (Å²) < 4.78 is 1.72. The summed E-state index contributed by atoms with van der Waals surface area (Å²) in [7, 11) is 0. The van der Waals surface area contributed by atoms with Crippen molar-refractivity contribution in [3.63, 3.8) is 0 Å². The third kappa shape index (κ3) is 2.70. The second kappa shape index (κ2) is 5.99. The van der Waals surface area contributed by atoms with E-state index in [-0.39, 0.29) is 0 Å². The number of nitrogens with zero attached hydrogens (tertiary/aromatic N) is 5. The van der Waals surface area contributed by atoms with Gasteiger partial charge in [-0.2, -0.15) is 14.7 Å². The Morgan fingerprint density at radius 2 is 2.08 bits per heavy atom. The lowest BCUT2D eigenvalue weighted by atomic mass is 10.1. The highest BCUT2D eigenvalue weighted by Crippen LogP contribution is 2.32. The largest absolute Gasteiger partial charge is 0.282 e. The van der Waals surface area contributed by atoms with Crippen LogP contribution in [0.15, 0.2) is 30.3 Å². The Bertz CT molecular complexity index is 999. The second-order valence-electron chi connectivity index (χ2n) is 5.98. The molecule has 3 aromatic heterocycles. The minimum absolute atomic E-state index is 0.558. The summed E-state index contributed by atoms with van der Waals surface area (Å²) in [4.78, 5) is 0.716. The fourth-order valence-corrected chi connectivity index (χ4v) is 3.70. The minimum atomic E-state index is 0.558. The number of nitrogens with one attached hydrogen (secondary N) is 1. The van der Waals surface area contributed by atoms with Crippen LogP contribution >= 0.6 is 22.9 Å². The van der Waals surface area contributed by atoms with E-state index >= 15 is 0 Å². The third-order valence-electron chi connectivity index (χ3n) is 3.58. The van der Waals surface area contributed by atoms with E-state index in [0.29, 0.717) is 21.7 Å². The zero-order valence-corrected chi connectivity index (χ0v) is 14.8. The van der Waals surface area contributed by atoms with Crippen LogP contribution in [0.2, 0.25) is 5.02 Å². The lowest BCUT2D eigenvalue weighted by molar-refractivity contribution is 0.633.